The lowest BCUT2D eigenvalue weighted by molar-refractivity contribution is 0.233. The smallest absolute Gasteiger partial charge is 0.276 e. The molecular formula is C12H19NO4S. The number of aliphatic hydroxyl groups is 1. The second kappa shape index (κ2) is 5.03. The van der Waals surface area contributed by atoms with E-state index in [1.54, 1.807) is 0 Å². The van der Waals surface area contributed by atoms with E-state index in [0.717, 1.165) is 12.8 Å². The average Bonchev–Trinajstić information content (AvgIpc) is 2.98. The van der Waals surface area contributed by atoms with Gasteiger partial charge in [-0.05, 0) is 30.9 Å². The van der Waals surface area contributed by atoms with Crippen LogP contribution in [0.4, 0.5) is 0 Å². The molecule has 1 unspecified atom stereocenters. The van der Waals surface area contributed by atoms with Crippen LogP contribution < -0.4 is 0 Å². The molecule has 1 aromatic rings. The number of aliphatic hydroxyl groups excluding tert-OH is 1. The Labute approximate surface area is 107 Å². The molecule has 0 aliphatic carbocycles. The lowest BCUT2D eigenvalue weighted by Crippen LogP contribution is -2.38. The summed E-state index contributed by atoms with van der Waals surface area (Å²) in [4.78, 5) is 0. The molecule has 0 amide bonds. The Kier molecular flexibility index (Phi) is 3.79. The van der Waals surface area contributed by atoms with Crippen molar-refractivity contribution in [3.8, 4) is 0 Å². The molecule has 1 aromatic heterocycles. The molecule has 0 saturated carbocycles. The van der Waals surface area contributed by atoms with E-state index in [-0.39, 0.29) is 29.4 Å². The quantitative estimate of drug-likeness (QED) is 0.904. The highest BCUT2D eigenvalue weighted by Crippen LogP contribution is 2.30. The molecule has 2 heterocycles. The van der Waals surface area contributed by atoms with Crippen molar-refractivity contribution in [1.82, 2.24) is 4.31 Å². The Morgan fingerprint density at radius 1 is 1.50 bits per heavy atom. The third kappa shape index (κ3) is 2.32. The van der Waals surface area contributed by atoms with Crippen LogP contribution >= 0.6 is 0 Å². The molecule has 1 aliphatic rings. The second-order valence-electron chi connectivity index (χ2n) is 4.95. The first kappa shape index (κ1) is 13.6. The summed E-state index contributed by atoms with van der Waals surface area (Å²) in [5.74, 6) is 0.559. The van der Waals surface area contributed by atoms with Crippen molar-refractivity contribution in [2.24, 2.45) is 5.92 Å². The van der Waals surface area contributed by atoms with Crippen LogP contribution in [0.25, 0.3) is 0 Å². The van der Waals surface area contributed by atoms with Gasteiger partial charge >= 0.3 is 0 Å². The fraction of sp³-hybridized carbons (Fsp3) is 0.667. The Hall–Kier alpha value is -0.850. The molecule has 1 atom stereocenters. The van der Waals surface area contributed by atoms with Gasteiger partial charge < -0.3 is 9.52 Å². The lowest BCUT2D eigenvalue weighted by Gasteiger charge is -2.25. The van der Waals surface area contributed by atoms with Gasteiger partial charge in [0.1, 0.15) is 12.4 Å². The first-order valence-corrected chi connectivity index (χ1v) is 7.62. The van der Waals surface area contributed by atoms with E-state index in [1.165, 1.54) is 16.4 Å². The maximum atomic E-state index is 12.4. The van der Waals surface area contributed by atoms with Crippen molar-refractivity contribution in [2.75, 3.05) is 6.54 Å². The van der Waals surface area contributed by atoms with Gasteiger partial charge in [0.25, 0.3) is 10.0 Å². The summed E-state index contributed by atoms with van der Waals surface area (Å²) in [6.07, 6.45) is 1.78. The van der Waals surface area contributed by atoms with Crippen LogP contribution in [0.2, 0.25) is 0 Å². The third-order valence-electron chi connectivity index (χ3n) is 3.37. The van der Waals surface area contributed by atoms with E-state index in [0.29, 0.717) is 6.54 Å². The molecule has 18 heavy (non-hydrogen) atoms. The predicted molar refractivity (Wildman–Crippen MR) is 66.4 cm³/mol. The fourth-order valence-electron chi connectivity index (χ4n) is 2.43. The van der Waals surface area contributed by atoms with Crippen molar-refractivity contribution >= 4 is 10.0 Å². The monoisotopic (exact) mass is 273 g/mol. The molecule has 1 N–H and O–H groups in total. The van der Waals surface area contributed by atoms with Crippen LogP contribution in [0.15, 0.2) is 21.6 Å². The summed E-state index contributed by atoms with van der Waals surface area (Å²) < 4.78 is 31.5. The van der Waals surface area contributed by atoms with E-state index in [9.17, 15) is 8.42 Å². The minimum absolute atomic E-state index is 0.0395. The Morgan fingerprint density at radius 3 is 2.78 bits per heavy atom. The molecule has 6 heteroatoms. The van der Waals surface area contributed by atoms with Gasteiger partial charge in [0.05, 0.1) is 0 Å². The zero-order valence-corrected chi connectivity index (χ0v) is 11.5. The van der Waals surface area contributed by atoms with E-state index in [4.69, 9.17) is 9.52 Å². The number of hydrogen-bond acceptors (Lipinski definition) is 4. The van der Waals surface area contributed by atoms with Gasteiger partial charge in [-0.3, -0.25) is 0 Å². The molecule has 1 aliphatic heterocycles. The lowest BCUT2D eigenvalue weighted by atomic mass is 10.0. The molecule has 0 bridgehead atoms. The highest BCUT2D eigenvalue weighted by Gasteiger charge is 2.38. The zero-order chi connectivity index (χ0) is 13.3. The van der Waals surface area contributed by atoms with E-state index in [1.807, 2.05) is 13.8 Å². The van der Waals surface area contributed by atoms with Gasteiger partial charge in [-0.25, -0.2) is 8.42 Å². The van der Waals surface area contributed by atoms with E-state index >= 15 is 0 Å². The number of rotatable bonds is 4. The minimum Gasteiger partial charge on any atom is -0.446 e. The summed E-state index contributed by atoms with van der Waals surface area (Å²) >= 11 is 0. The zero-order valence-electron chi connectivity index (χ0n) is 10.7. The van der Waals surface area contributed by atoms with Crippen LogP contribution in [-0.4, -0.2) is 30.4 Å². The third-order valence-corrected chi connectivity index (χ3v) is 5.17. The van der Waals surface area contributed by atoms with Gasteiger partial charge in [-0.1, -0.05) is 13.8 Å². The largest absolute Gasteiger partial charge is 0.446 e. The van der Waals surface area contributed by atoms with Gasteiger partial charge in [0, 0.05) is 12.6 Å². The second-order valence-corrected chi connectivity index (χ2v) is 6.77. The number of sulfonamides is 1. The Bertz CT molecular complexity index is 506. The number of nitrogens with zero attached hydrogens (tertiary/aromatic N) is 1. The van der Waals surface area contributed by atoms with Crippen LogP contribution in [0.3, 0.4) is 0 Å². The molecule has 102 valence electrons. The first-order valence-electron chi connectivity index (χ1n) is 6.18. The fourth-order valence-corrected chi connectivity index (χ4v) is 4.19. The summed E-state index contributed by atoms with van der Waals surface area (Å²) in [6.45, 7) is 4.31. The SMILES string of the molecule is CC(C)C1CCCN1S(=O)(=O)c1ccc(CO)o1. The van der Waals surface area contributed by atoms with Crippen molar-refractivity contribution < 1.29 is 17.9 Å². The van der Waals surface area contributed by atoms with Crippen LogP contribution in [0.1, 0.15) is 32.4 Å². The van der Waals surface area contributed by atoms with Crippen LogP contribution in [0, 0.1) is 5.92 Å². The highest BCUT2D eigenvalue weighted by atomic mass is 32.2. The molecule has 0 radical (unpaired) electrons. The molecule has 1 saturated heterocycles. The molecule has 1 fully saturated rings. The molecule has 2 rings (SSSR count). The number of furan rings is 1. The summed E-state index contributed by atoms with van der Waals surface area (Å²) in [5.41, 5.74) is 0. The summed E-state index contributed by atoms with van der Waals surface area (Å²) in [5, 5.41) is 8.85. The molecule has 0 spiro atoms. The molecular weight excluding hydrogens is 254 g/mol. The van der Waals surface area contributed by atoms with Crippen LogP contribution in [0.5, 0.6) is 0 Å². The number of hydrogen-bond donors (Lipinski definition) is 1. The minimum atomic E-state index is -3.57. The van der Waals surface area contributed by atoms with Gasteiger partial charge in [0.2, 0.25) is 5.09 Å². The Morgan fingerprint density at radius 2 is 2.22 bits per heavy atom. The summed E-state index contributed by atoms with van der Waals surface area (Å²) in [6, 6.07) is 2.95. The van der Waals surface area contributed by atoms with Crippen molar-refractivity contribution in [1.29, 1.82) is 0 Å². The molecule has 5 nitrogen and oxygen atoms in total. The van der Waals surface area contributed by atoms with E-state index < -0.39 is 10.0 Å². The summed E-state index contributed by atoms with van der Waals surface area (Å²) in [7, 11) is -3.57. The highest BCUT2D eigenvalue weighted by molar-refractivity contribution is 7.89. The van der Waals surface area contributed by atoms with E-state index in [2.05, 4.69) is 0 Å². The van der Waals surface area contributed by atoms with Crippen molar-refractivity contribution in [2.45, 2.75) is 44.4 Å². The molecule has 0 aromatic carbocycles. The first-order chi connectivity index (χ1) is 8.46. The van der Waals surface area contributed by atoms with Gasteiger partial charge in [-0.2, -0.15) is 4.31 Å². The predicted octanol–water partition coefficient (Wildman–Crippen LogP) is 1.58. The standard InChI is InChI=1S/C12H19NO4S/c1-9(2)11-4-3-7-13(11)18(15,16)12-6-5-10(8-14)17-12/h5-6,9,11,14H,3-4,7-8H2,1-2H3. The van der Waals surface area contributed by atoms with Gasteiger partial charge in [0.15, 0.2) is 0 Å². The topological polar surface area (TPSA) is 70.8 Å². The van der Waals surface area contributed by atoms with Crippen molar-refractivity contribution in [3.05, 3.63) is 17.9 Å². The van der Waals surface area contributed by atoms with Crippen LogP contribution in [-0.2, 0) is 16.6 Å². The maximum Gasteiger partial charge on any atom is 0.276 e. The normalized spacial score (nSPS) is 21.9. The van der Waals surface area contributed by atoms with Gasteiger partial charge in [-0.15, -0.1) is 0 Å². The maximum absolute atomic E-state index is 12.4. The Balaban J connectivity index is 2.30. The van der Waals surface area contributed by atoms with Crippen molar-refractivity contribution in [3.63, 3.8) is 0 Å². The average molecular weight is 273 g/mol.